The molecule has 0 bridgehead atoms. The number of hydrogen-bond acceptors (Lipinski definition) is 5. The van der Waals surface area contributed by atoms with Crippen molar-refractivity contribution in [2.75, 3.05) is 46.9 Å². The first-order chi connectivity index (χ1) is 11.6. The standard InChI is InChI=1S/C18H25N3O3/c1-20(2)9-10-21(13-17-4-3-11-23-17)18(22)14-24-16-7-5-15(12-19)6-8-16/h5-8,17H,3-4,9-11,13-14H2,1-2H3/t17-/m1/s1. The van der Waals surface area contributed by atoms with Crippen LogP contribution in [0.2, 0.25) is 0 Å². The Kier molecular flexibility index (Phi) is 7.04. The molecule has 0 aromatic heterocycles. The van der Waals surface area contributed by atoms with Crippen LogP contribution in [0.3, 0.4) is 0 Å². The van der Waals surface area contributed by atoms with Crippen molar-refractivity contribution in [2.24, 2.45) is 0 Å². The molecule has 1 aromatic rings. The Labute approximate surface area is 143 Å². The monoisotopic (exact) mass is 331 g/mol. The van der Waals surface area contributed by atoms with Gasteiger partial charge in [0.1, 0.15) is 5.75 Å². The molecule has 0 unspecified atom stereocenters. The van der Waals surface area contributed by atoms with Crippen LogP contribution in [0.4, 0.5) is 0 Å². The summed E-state index contributed by atoms with van der Waals surface area (Å²) in [4.78, 5) is 16.4. The number of nitrogens with zero attached hydrogens (tertiary/aromatic N) is 3. The van der Waals surface area contributed by atoms with Gasteiger partial charge in [0.15, 0.2) is 6.61 Å². The second-order valence-corrected chi connectivity index (χ2v) is 6.20. The van der Waals surface area contributed by atoms with Gasteiger partial charge >= 0.3 is 0 Å². The normalized spacial score (nSPS) is 16.8. The summed E-state index contributed by atoms with van der Waals surface area (Å²) in [6.45, 7) is 2.84. The van der Waals surface area contributed by atoms with Gasteiger partial charge < -0.3 is 19.3 Å². The van der Waals surface area contributed by atoms with Crippen LogP contribution in [0.25, 0.3) is 0 Å². The average molecular weight is 331 g/mol. The summed E-state index contributed by atoms with van der Waals surface area (Å²) >= 11 is 0. The van der Waals surface area contributed by atoms with Crippen LogP contribution in [0.15, 0.2) is 24.3 Å². The Morgan fingerprint density at radius 1 is 1.33 bits per heavy atom. The van der Waals surface area contributed by atoms with E-state index in [1.54, 1.807) is 24.3 Å². The lowest BCUT2D eigenvalue weighted by molar-refractivity contribution is -0.135. The molecule has 1 fully saturated rings. The van der Waals surface area contributed by atoms with Crippen molar-refractivity contribution in [3.63, 3.8) is 0 Å². The van der Waals surface area contributed by atoms with Crippen LogP contribution < -0.4 is 4.74 Å². The fraction of sp³-hybridized carbons (Fsp3) is 0.556. The molecular formula is C18H25N3O3. The molecule has 1 atom stereocenters. The molecule has 1 saturated heterocycles. The van der Waals surface area contributed by atoms with Crippen molar-refractivity contribution in [1.29, 1.82) is 5.26 Å². The molecule has 2 rings (SSSR count). The second kappa shape index (κ2) is 9.26. The van der Waals surface area contributed by atoms with E-state index < -0.39 is 0 Å². The maximum absolute atomic E-state index is 12.5. The van der Waals surface area contributed by atoms with Gasteiger partial charge in [-0.25, -0.2) is 0 Å². The molecule has 1 aromatic carbocycles. The maximum Gasteiger partial charge on any atom is 0.260 e. The molecule has 0 saturated carbocycles. The minimum Gasteiger partial charge on any atom is -0.484 e. The first-order valence-electron chi connectivity index (χ1n) is 8.25. The predicted octanol–water partition coefficient (Wildman–Crippen LogP) is 1.51. The Bertz CT molecular complexity index is 560. The van der Waals surface area contributed by atoms with Gasteiger partial charge in [-0.15, -0.1) is 0 Å². The average Bonchev–Trinajstić information content (AvgIpc) is 3.09. The quantitative estimate of drug-likeness (QED) is 0.722. The summed E-state index contributed by atoms with van der Waals surface area (Å²) in [6, 6.07) is 8.82. The zero-order valence-electron chi connectivity index (χ0n) is 14.4. The molecule has 1 aliphatic heterocycles. The minimum absolute atomic E-state index is 0.00789. The van der Waals surface area contributed by atoms with E-state index in [4.69, 9.17) is 14.7 Å². The number of rotatable bonds is 8. The first-order valence-corrected chi connectivity index (χ1v) is 8.25. The van der Waals surface area contributed by atoms with E-state index in [1.807, 2.05) is 19.0 Å². The van der Waals surface area contributed by atoms with E-state index in [9.17, 15) is 4.79 Å². The number of nitriles is 1. The van der Waals surface area contributed by atoms with E-state index in [2.05, 4.69) is 11.0 Å². The number of amides is 1. The summed E-state index contributed by atoms with van der Waals surface area (Å²) in [6.07, 6.45) is 2.19. The largest absolute Gasteiger partial charge is 0.484 e. The molecule has 1 amide bonds. The van der Waals surface area contributed by atoms with Gasteiger partial charge in [-0.3, -0.25) is 4.79 Å². The molecule has 24 heavy (non-hydrogen) atoms. The molecule has 0 aliphatic carbocycles. The lowest BCUT2D eigenvalue weighted by Gasteiger charge is -2.26. The van der Waals surface area contributed by atoms with E-state index in [-0.39, 0.29) is 18.6 Å². The highest BCUT2D eigenvalue weighted by molar-refractivity contribution is 5.77. The van der Waals surface area contributed by atoms with Gasteiger partial charge in [0.05, 0.1) is 17.7 Å². The molecule has 130 valence electrons. The number of likely N-dealkylation sites (N-methyl/N-ethyl adjacent to an activating group) is 1. The zero-order chi connectivity index (χ0) is 17.4. The number of carbonyl (C=O) groups is 1. The van der Waals surface area contributed by atoms with Gasteiger partial charge in [-0.1, -0.05) is 0 Å². The molecule has 1 heterocycles. The highest BCUT2D eigenvalue weighted by Crippen LogP contribution is 2.15. The van der Waals surface area contributed by atoms with Crippen molar-refractivity contribution in [1.82, 2.24) is 9.80 Å². The third-order valence-electron chi connectivity index (χ3n) is 3.96. The lowest BCUT2D eigenvalue weighted by atomic mass is 10.2. The van der Waals surface area contributed by atoms with Crippen molar-refractivity contribution in [3.05, 3.63) is 29.8 Å². The SMILES string of the molecule is CN(C)CCN(C[C@H]1CCCO1)C(=O)COc1ccc(C#N)cc1. The molecule has 0 N–H and O–H groups in total. The third-order valence-corrected chi connectivity index (χ3v) is 3.96. The fourth-order valence-corrected chi connectivity index (χ4v) is 2.53. The Morgan fingerprint density at radius 2 is 2.08 bits per heavy atom. The minimum atomic E-state index is -0.0447. The topological polar surface area (TPSA) is 65.8 Å². The number of ether oxygens (including phenoxy) is 2. The maximum atomic E-state index is 12.5. The summed E-state index contributed by atoms with van der Waals surface area (Å²) in [5, 5.41) is 8.79. The van der Waals surface area contributed by atoms with Gasteiger partial charge in [-0.05, 0) is 51.2 Å². The molecule has 1 aliphatic rings. The summed E-state index contributed by atoms with van der Waals surface area (Å²) in [7, 11) is 3.98. The molecule has 6 nitrogen and oxygen atoms in total. The molecule has 0 spiro atoms. The van der Waals surface area contributed by atoms with E-state index in [1.165, 1.54) is 0 Å². The Morgan fingerprint density at radius 3 is 2.67 bits per heavy atom. The van der Waals surface area contributed by atoms with Crippen LogP contribution in [0, 0.1) is 11.3 Å². The smallest absolute Gasteiger partial charge is 0.260 e. The summed E-state index contributed by atoms with van der Waals surface area (Å²) in [5.41, 5.74) is 0.569. The highest BCUT2D eigenvalue weighted by Gasteiger charge is 2.22. The van der Waals surface area contributed by atoms with Gasteiger partial charge in [0.2, 0.25) is 0 Å². The number of benzene rings is 1. The molecule has 0 radical (unpaired) electrons. The van der Waals surface area contributed by atoms with Gasteiger partial charge in [-0.2, -0.15) is 5.26 Å². The summed E-state index contributed by atoms with van der Waals surface area (Å²) in [5.74, 6) is 0.545. The van der Waals surface area contributed by atoms with E-state index in [0.717, 1.165) is 26.0 Å². The van der Waals surface area contributed by atoms with Crippen molar-refractivity contribution in [3.8, 4) is 11.8 Å². The second-order valence-electron chi connectivity index (χ2n) is 6.20. The fourth-order valence-electron chi connectivity index (χ4n) is 2.53. The van der Waals surface area contributed by atoms with Crippen LogP contribution in [-0.4, -0.2) is 68.8 Å². The number of carbonyl (C=O) groups excluding carboxylic acids is 1. The zero-order valence-corrected chi connectivity index (χ0v) is 14.4. The lowest BCUT2D eigenvalue weighted by Crippen LogP contribution is -2.43. The highest BCUT2D eigenvalue weighted by atomic mass is 16.5. The van der Waals surface area contributed by atoms with Crippen molar-refractivity contribution in [2.45, 2.75) is 18.9 Å². The van der Waals surface area contributed by atoms with Gasteiger partial charge in [0, 0.05) is 26.2 Å². The van der Waals surface area contributed by atoms with Crippen LogP contribution in [0.1, 0.15) is 18.4 Å². The Balaban J connectivity index is 1.88. The Hall–Kier alpha value is -2.10. The van der Waals surface area contributed by atoms with Crippen molar-refractivity contribution >= 4 is 5.91 Å². The van der Waals surface area contributed by atoms with E-state index >= 15 is 0 Å². The van der Waals surface area contributed by atoms with Crippen LogP contribution >= 0.6 is 0 Å². The molecule has 6 heteroatoms. The third kappa shape index (κ3) is 5.84. The number of hydrogen-bond donors (Lipinski definition) is 0. The van der Waals surface area contributed by atoms with Crippen LogP contribution in [0.5, 0.6) is 5.75 Å². The summed E-state index contributed by atoms with van der Waals surface area (Å²) < 4.78 is 11.2. The van der Waals surface area contributed by atoms with Gasteiger partial charge in [0.25, 0.3) is 5.91 Å². The van der Waals surface area contributed by atoms with E-state index in [0.29, 0.717) is 24.4 Å². The first kappa shape index (κ1) is 18.2. The van der Waals surface area contributed by atoms with Crippen molar-refractivity contribution < 1.29 is 14.3 Å². The predicted molar refractivity (Wildman–Crippen MR) is 90.8 cm³/mol. The molecular weight excluding hydrogens is 306 g/mol. The van der Waals surface area contributed by atoms with Crippen LogP contribution in [-0.2, 0) is 9.53 Å².